The Morgan fingerprint density at radius 2 is 2.33 bits per heavy atom. The largest absolute Gasteiger partial charge is 0.381 e. The molecule has 5 heteroatoms. The summed E-state index contributed by atoms with van der Waals surface area (Å²) in [6.07, 6.45) is 6.64. The molecule has 1 N–H and O–H groups in total. The average Bonchev–Trinajstić information content (AvgIpc) is 2.84. The van der Waals surface area contributed by atoms with Crippen LogP contribution in [0.15, 0.2) is 6.33 Å². The number of nitrogens with one attached hydrogen (secondary N) is 1. The fourth-order valence-corrected chi connectivity index (χ4v) is 2.56. The summed E-state index contributed by atoms with van der Waals surface area (Å²) in [5.41, 5.74) is 0. The molecule has 18 heavy (non-hydrogen) atoms. The topological polar surface area (TPSA) is 52.0 Å². The van der Waals surface area contributed by atoms with Gasteiger partial charge in [0.15, 0.2) is 0 Å². The van der Waals surface area contributed by atoms with Crippen molar-refractivity contribution in [1.29, 1.82) is 0 Å². The summed E-state index contributed by atoms with van der Waals surface area (Å²) in [5, 5.41) is 7.79. The van der Waals surface area contributed by atoms with Gasteiger partial charge in [0.2, 0.25) is 0 Å². The molecule has 1 fully saturated rings. The van der Waals surface area contributed by atoms with Crippen molar-refractivity contribution >= 4 is 0 Å². The van der Waals surface area contributed by atoms with Crippen LogP contribution in [0.1, 0.15) is 51.4 Å². The van der Waals surface area contributed by atoms with E-state index in [1.54, 1.807) is 13.4 Å². The van der Waals surface area contributed by atoms with Crippen molar-refractivity contribution in [2.24, 2.45) is 0 Å². The second-order valence-corrected chi connectivity index (χ2v) is 5.33. The van der Waals surface area contributed by atoms with Gasteiger partial charge in [0.05, 0.1) is 18.7 Å². The van der Waals surface area contributed by atoms with Gasteiger partial charge in [-0.1, -0.05) is 13.8 Å². The zero-order valence-corrected chi connectivity index (χ0v) is 11.6. The maximum Gasteiger partial charge on any atom is 0.141 e. The first kappa shape index (κ1) is 13.5. The summed E-state index contributed by atoms with van der Waals surface area (Å²) in [6, 6.07) is 0.906. The molecule has 1 heterocycles. The van der Waals surface area contributed by atoms with Crippen molar-refractivity contribution in [3.63, 3.8) is 0 Å². The first-order chi connectivity index (χ1) is 8.70. The van der Waals surface area contributed by atoms with Gasteiger partial charge < -0.3 is 10.1 Å². The lowest BCUT2D eigenvalue weighted by Gasteiger charge is -2.29. The van der Waals surface area contributed by atoms with Gasteiger partial charge in [-0.05, 0) is 25.7 Å². The van der Waals surface area contributed by atoms with Crippen molar-refractivity contribution < 1.29 is 4.74 Å². The lowest BCUT2D eigenvalue weighted by atomic mass is 9.93. The Kier molecular flexibility index (Phi) is 4.72. The molecule has 0 aliphatic heterocycles. The molecule has 2 rings (SSSR count). The zero-order chi connectivity index (χ0) is 13.0. The Bertz CT molecular complexity index is 364. The highest BCUT2D eigenvalue weighted by Gasteiger charge is 2.25. The monoisotopic (exact) mass is 252 g/mol. The van der Waals surface area contributed by atoms with Gasteiger partial charge in [0, 0.05) is 13.2 Å². The molecule has 0 spiro atoms. The second kappa shape index (κ2) is 6.29. The van der Waals surface area contributed by atoms with Crippen LogP contribution in [-0.2, 0) is 11.3 Å². The van der Waals surface area contributed by atoms with Gasteiger partial charge in [0.25, 0.3) is 0 Å². The molecule has 0 amide bonds. The van der Waals surface area contributed by atoms with E-state index < -0.39 is 0 Å². The SMILES string of the molecule is COC1CCCC(n2ncnc2CNC(C)C)C1. The number of ether oxygens (including phenoxy) is 1. The summed E-state index contributed by atoms with van der Waals surface area (Å²) in [4.78, 5) is 4.36. The lowest BCUT2D eigenvalue weighted by molar-refractivity contribution is 0.0501. The lowest BCUT2D eigenvalue weighted by Crippen LogP contribution is -2.29. The summed E-state index contributed by atoms with van der Waals surface area (Å²) in [5.74, 6) is 1.03. The van der Waals surface area contributed by atoms with E-state index in [0.717, 1.165) is 18.8 Å². The molecule has 0 bridgehead atoms. The molecule has 1 aromatic heterocycles. The molecule has 2 unspecified atom stereocenters. The van der Waals surface area contributed by atoms with E-state index in [1.165, 1.54) is 19.3 Å². The summed E-state index contributed by atoms with van der Waals surface area (Å²) in [6.45, 7) is 5.07. The van der Waals surface area contributed by atoms with Crippen molar-refractivity contribution in [2.75, 3.05) is 7.11 Å². The van der Waals surface area contributed by atoms with E-state index in [0.29, 0.717) is 18.2 Å². The molecule has 102 valence electrons. The number of hydrogen-bond acceptors (Lipinski definition) is 4. The fraction of sp³-hybridized carbons (Fsp3) is 0.846. The molecule has 1 aromatic rings. The Labute approximate surface area is 109 Å². The summed E-state index contributed by atoms with van der Waals surface area (Å²) < 4.78 is 7.56. The predicted molar refractivity (Wildman–Crippen MR) is 70.3 cm³/mol. The third-order valence-electron chi connectivity index (χ3n) is 3.59. The smallest absolute Gasteiger partial charge is 0.141 e. The predicted octanol–water partition coefficient (Wildman–Crippen LogP) is 1.91. The van der Waals surface area contributed by atoms with E-state index in [2.05, 4.69) is 33.9 Å². The number of hydrogen-bond donors (Lipinski definition) is 1. The molecule has 1 aliphatic rings. The van der Waals surface area contributed by atoms with Gasteiger partial charge in [0.1, 0.15) is 12.2 Å². The van der Waals surface area contributed by atoms with Crippen molar-refractivity contribution in [3.8, 4) is 0 Å². The van der Waals surface area contributed by atoms with Gasteiger partial charge in [-0.2, -0.15) is 5.10 Å². The van der Waals surface area contributed by atoms with E-state index in [4.69, 9.17) is 4.74 Å². The van der Waals surface area contributed by atoms with E-state index in [1.807, 2.05) is 0 Å². The Hall–Kier alpha value is -0.940. The minimum Gasteiger partial charge on any atom is -0.381 e. The quantitative estimate of drug-likeness (QED) is 0.869. The maximum absolute atomic E-state index is 5.48. The van der Waals surface area contributed by atoms with Gasteiger partial charge in [-0.15, -0.1) is 0 Å². The maximum atomic E-state index is 5.48. The third kappa shape index (κ3) is 3.29. The van der Waals surface area contributed by atoms with Crippen LogP contribution in [0.3, 0.4) is 0 Å². The Morgan fingerprint density at radius 1 is 1.50 bits per heavy atom. The van der Waals surface area contributed by atoms with Crippen LogP contribution < -0.4 is 5.32 Å². The molecule has 0 saturated heterocycles. The Morgan fingerprint density at radius 3 is 3.06 bits per heavy atom. The van der Waals surface area contributed by atoms with Gasteiger partial charge in [-0.25, -0.2) is 9.67 Å². The highest BCUT2D eigenvalue weighted by Crippen LogP contribution is 2.29. The van der Waals surface area contributed by atoms with Crippen LogP contribution in [0.4, 0.5) is 0 Å². The summed E-state index contributed by atoms with van der Waals surface area (Å²) in [7, 11) is 1.80. The summed E-state index contributed by atoms with van der Waals surface area (Å²) >= 11 is 0. The van der Waals surface area contributed by atoms with Crippen LogP contribution in [0.2, 0.25) is 0 Å². The molecule has 0 aromatic carbocycles. The third-order valence-corrected chi connectivity index (χ3v) is 3.59. The molecule has 5 nitrogen and oxygen atoms in total. The molecule has 1 saturated carbocycles. The van der Waals surface area contributed by atoms with Crippen LogP contribution in [0, 0.1) is 0 Å². The highest BCUT2D eigenvalue weighted by molar-refractivity contribution is 4.90. The highest BCUT2D eigenvalue weighted by atomic mass is 16.5. The normalized spacial score (nSPS) is 24.7. The van der Waals surface area contributed by atoms with Crippen LogP contribution in [-0.4, -0.2) is 34.0 Å². The van der Waals surface area contributed by atoms with Crippen LogP contribution in [0.25, 0.3) is 0 Å². The minimum absolute atomic E-state index is 0.374. The molecular weight excluding hydrogens is 228 g/mol. The second-order valence-electron chi connectivity index (χ2n) is 5.33. The van der Waals surface area contributed by atoms with Crippen molar-refractivity contribution in [3.05, 3.63) is 12.2 Å². The average molecular weight is 252 g/mol. The molecule has 1 aliphatic carbocycles. The van der Waals surface area contributed by atoms with Gasteiger partial charge >= 0.3 is 0 Å². The zero-order valence-electron chi connectivity index (χ0n) is 11.6. The molecular formula is C13H24N4O. The van der Waals surface area contributed by atoms with E-state index >= 15 is 0 Å². The van der Waals surface area contributed by atoms with E-state index in [-0.39, 0.29) is 0 Å². The number of methoxy groups -OCH3 is 1. The minimum atomic E-state index is 0.374. The first-order valence-electron chi connectivity index (χ1n) is 6.85. The van der Waals surface area contributed by atoms with Crippen LogP contribution >= 0.6 is 0 Å². The van der Waals surface area contributed by atoms with E-state index in [9.17, 15) is 0 Å². The first-order valence-corrected chi connectivity index (χ1v) is 6.85. The van der Waals surface area contributed by atoms with Crippen molar-refractivity contribution in [1.82, 2.24) is 20.1 Å². The molecule has 0 radical (unpaired) electrons. The number of aromatic nitrogens is 3. The van der Waals surface area contributed by atoms with Crippen LogP contribution in [0.5, 0.6) is 0 Å². The number of nitrogens with zero attached hydrogens (tertiary/aromatic N) is 3. The molecule has 2 atom stereocenters. The van der Waals surface area contributed by atoms with Gasteiger partial charge in [-0.3, -0.25) is 0 Å². The standard InChI is InChI=1S/C13H24N4O/c1-10(2)14-8-13-15-9-16-17(13)11-5-4-6-12(7-11)18-3/h9-12,14H,4-8H2,1-3H3. The Balaban J connectivity index is 2.01. The fourth-order valence-electron chi connectivity index (χ4n) is 2.56. The number of rotatable bonds is 5. The van der Waals surface area contributed by atoms with Crippen molar-refractivity contribution in [2.45, 2.75) is 64.3 Å².